The Morgan fingerprint density at radius 2 is 1.93 bits per heavy atom. The summed E-state index contributed by atoms with van der Waals surface area (Å²) in [4.78, 5) is 39.0. The van der Waals surface area contributed by atoms with Gasteiger partial charge in [0.1, 0.15) is 12.1 Å². The van der Waals surface area contributed by atoms with Gasteiger partial charge in [0.05, 0.1) is 23.7 Å². The number of H-pyrrole nitrogens is 1. The van der Waals surface area contributed by atoms with Crippen LogP contribution in [0.5, 0.6) is 0 Å². The fourth-order valence-corrected chi connectivity index (χ4v) is 3.96. The molecule has 4 heterocycles. The molecule has 4 aromatic rings. The van der Waals surface area contributed by atoms with Crippen LogP contribution >= 0.6 is 0 Å². The smallest absolute Gasteiger partial charge is 0.292 e. The number of carbonyl (C=O) groups is 2. The highest BCUT2D eigenvalue weighted by molar-refractivity contribution is 6.44. The summed E-state index contributed by atoms with van der Waals surface area (Å²) in [6, 6.07) is 7.40. The van der Waals surface area contributed by atoms with Gasteiger partial charge < -0.3 is 15.2 Å². The average Bonchev–Trinajstić information content (AvgIpc) is 3.52. The highest BCUT2D eigenvalue weighted by Gasteiger charge is 2.21. The number of benzene rings is 1. The quantitative estimate of drug-likeness (QED) is 0.376. The fraction of sp³-hybridized carbons (Fsp3) is 0.286. The molecule has 9 nitrogen and oxygen atoms in total. The van der Waals surface area contributed by atoms with Gasteiger partial charge >= 0.3 is 0 Å². The third-order valence-corrected chi connectivity index (χ3v) is 5.47. The van der Waals surface area contributed by atoms with Crippen LogP contribution in [0.1, 0.15) is 23.2 Å². The van der Waals surface area contributed by atoms with Gasteiger partial charge in [-0.2, -0.15) is 5.10 Å². The Kier molecular flexibility index (Phi) is 4.62. The molecule has 1 aliphatic heterocycles. The van der Waals surface area contributed by atoms with Gasteiger partial charge in [-0.3, -0.25) is 9.59 Å². The molecule has 1 amide bonds. The Bertz CT molecular complexity index is 1240. The summed E-state index contributed by atoms with van der Waals surface area (Å²) in [5, 5.41) is 8.74. The molecular formula is C21H21N7O2. The van der Waals surface area contributed by atoms with E-state index in [0.717, 1.165) is 53.7 Å². The van der Waals surface area contributed by atoms with Crippen molar-refractivity contribution in [3.05, 3.63) is 48.5 Å². The van der Waals surface area contributed by atoms with Gasteiger partial charge in [-0.25, -0.2) is 14.6 Å². The van der Waals surface area contributed by atoms with Crippen LogP contribution in [0.4, 0.5) is 5.82 Å². The van der Waals surface area contributed by atoms with Crippen molar-refractivity contribution < 1.29 is 9.59 Å². The lowest BCUT2D eigenvalue weighted by atomic mass is 10.1. The first-order valence-corrected chi connectivity index (χ1v) is 10.0. The second-order valence-corrected chi connectivity index (χ2v) is 7.33. The first-order chi connectivity index (χ1) is 14.7. The molecule has 0 spiro atoms. The fourth-order valence-electron chi connectivity index (χ4n) is 3.96. The average molecular weight is 403 g/mol. The number of nitrogens with one attached hydrogen (secondary N) is 2. The summed E-state index contributed by atoms with van der Waals surface area (Å²) in [6.45, 7) is 2.66. The number of rotatable bonds is 6. The van der Waals surface area contributed by atoms with Crippen LogP contribution in [0.15, 0.2) is 43.0 Å². The Morgan fingerprint density at radius 1 is 1.10 bits per heavy atom. The topological polar surface area (TPSA) is 109 Å². The Balaban J connectivity index is 1.26. The third kappa shape index (κ3) is 3.18. The first kappa shape index (κ1) is 18.3. The van der Waals surface area contributed by atoms with Crippen molar-refractivity contribution in [1.82, 2.24) is 30.0 Å². The number of hydrogen-bond donors (Lipinski definition) is 2. The van der Waals surface area contributed by atoms with Gasteiger partial charge in [-0.15, -0.1) is 0 Å². The summed E-state index contributed by atoms with van der Waals surface area (Å²) in [5.74, 6) is -0.290. The van der Waals surface area contributed by atoms with Gasteiger partial charge in [0, 0.05) is 36.7 Å². The van der Waals surface area contributed by atoms with E-state index >= 15 is 0 Å². The third-order valence-electron chi connectivity index (χ3n) is 5.47. The lowest BCUT2D eigenvalue weighted by molar-refractivity contribution is -0.117. The maximum Gasteiger partial charge on any atom is 0.292 e. The number of anilines is 1. The van der Waals surface area contributed by atoms with Crippen molar-refractivity contribution in [2.24, 2.45) is 0 Å². The van der Waals surface area contributed by atoms with Crippen molar-refractivity contribution in [2.75, 3.05) is 24.5 Å². The molecule has 1 fully saturated rings. The standard InChI is InChI=1S/C21H21N7O2/c29-18(15-11-23-17-6-2-1-5-14(15)17)21(30)22-7-10-28-20-16(12-26-28)19(24-13-25-20)27-8-3-4-9-27/h1-2,5-6,11-13,23H,3-4,7-10H2,(H,22,30). The van der Waals surface area contributed by atoms with Gasteiger partial charge in [0.2, 0.25) is 0 Å². The van der Waals surface area contributed by atoms with Crippen LogP contribution in [0, 0.1) is 0 Å². The van der Waals surface area contributed by atoms with Gasteiger partial charge in [-0.1, -0.05) is 18.2 Å². The summed E-state index contributed by atoms with van der Waals surface area (Å²) >= 11 is 0. The summed E-state index contributed by atoms with van der Waals surface area (Å²) in [6.07, 6.45) is 7.21. The number of nitrogens with zero attached hydrogens (tertiary/aromatic N) is 5. The van der Waals surface area contributed by atoms with Crippen molar-refractivity contribution in [1.29, 1.82) is 0 Å². The number of para-hydroxylation sites is 1. The highest BCUT2D eigenvalue weighted by atomic mass is 16.2. The van der Waals surface area contributed by atoms with Gasteiger partial charge in [-0.05, 0) is 18.9 Å². The van der Waals surface area contributed by atoms with E-state index < -0.39 is 11.7 Å². The summed E-state index contributed by atoms with van der Waals surface area (Å²) in [5.41, 5.74) is 1.92. The minimum Gasteiger partial charge on any atom is -0.360 e. The van der Waals surface area contributed by atoms with Crippen LogP contribution in [0.2, 0.25) is 0 Å². The number of fused-ring (bicyclic) bond motifs is 2. The minimum absolute atomic E-state index is 0.271. The van der Waals surface area contributed by atoms with Gasteiger partial charge in [0.15, 0.2) is 5.65 Å². The van der Waals surface area contributed by atoms with Crippen LogP contribution in [-0.2, 0) is 11.3 Å². The molecule has 0 unspecified atom stereocenters. The van der Waals surface area contributed by atoms with Crippen molar-refractivity contribution in [2.45, 2.75) is 19.4 Å². The van der Waals surface area contributed by atoms with Gasteiger partial charge in [0.25, 0.3) is 11.7 Å². The summed E-state index contributed by atoms with van der Waals surface area (Å²) in [7, 11) is 0. The van der Waals surface area contributed by atoms with Crippen LogP contribution in [-0.4, -0.2) is 56.1 Å². The van der Waals surface area contributed by atoms with E-state index in [9.17, 15) is 9.59 Å². The number of aromatic nitrogens is 5. The Morgan fingerprint density at radius 3 is 2.80 bits per heavy atom. The maximum absolute atomic E-state index is 12.5. The molecule has 1 aliphatic rings. The van der Waals surface area contributed by atoms with E-state index in [4.69, 9.17) is 0 Å². The number of carbonyl (C=O) groups excluding carboxylic acids is 2. The summed E-state index contributed by atoms with van der Waals surface area (Å²) < 4.78 is 1.73. The number of aromatic amines is 1. The zero-order valence-electron chi connectivity index (χ0n) is 16.3. The second kappa shape index (κ2) is 7.58. The van der Waals surface area contributed by atoms with E-state index in [2.05, 4.69) is 30.3 Å². The molecule has 0 aliphatic carbocycles. The first-order valence-electron chi connectivity index (χ1n) is 10.0. The molecule has 0 bridgehead atoms. The Labute approximate surface area is 172 Å². The lowest BCUT2D eigenvalue weighted by Crippen LogP contribution is -2.33. The maximum atomic E-state index is 12.5. The lowest BCUT2D eigenvalue weighted by Gasteiger charge is -2.16. The second-order valence-electron chi connectivity index (χ2n) is 7.33. The molecule has 0 radical (unpaired) electrons. The molecule has 0 atom stereocenters. The zero-order chi connectivity index (χ0) is 20.5. The minimum atomic E-state index is -0.636. The molecule has 1 aromatic carbocycles. The number of ketones is 1. The van der Waals surface area contributed by atoms with E-state index in [1.165, 1.54) is 0 Å². The van der Waals surface area contributed by atoms with E-state index in [1.807, 2.05) is 24.3 Å². The van der Waals surface area contributed by atoms with E-state index in [0.29, 0.717) is 12.1 Å². The molecule has 0 saturated carbocycles. The van der Waals surface area contributed by atoms with E-state index in [1.54, 1.807) is 23.4 Å². The predicted octanol–water partition coefficient (Wildman–Crippen LogP) is 1.91. The van der Waals surface area contributed by atoms with Crippen LogP contribution < -0.4 is 10.2 Å². The Hall–Kier alpha value is -3.75. The SMILES string of the molecule is O=C(NCCn1ncc2c(N3CCCC3)ncnc21)C(=O)c1c[nH]c2ccccc12. The number of Topliss-reactive ketones (excluding diaryl/α,β-unsaturated/α-hetero) is 1. The number of amides is 1. The van der Waals surface area contributed by atoms with Crippen LogP contribution in [0.3, 0.4) is 0 Å². The monoisotopic (exact) mass is 403 g/mol. The molecule has 30 heavy (non-hydrogen) atoms. The van der Waals surface area contributed by atoms with Crippen molar-refractivity contribution in [3.63, 3.8) is 0 Å². The van der Waals surface area contributed by atoms with Crippen molar-refractivity contribution in [3.8, 4) is 0 Å². The molecular weight excluding hydrogens is 382 g/mol. The highest BCUT2D eigenvalue weighted by Crippen LogP contribution is 2.25. The number of hydrogen-bond acceptors (Lipinski definition) is 6. The van der Waals surface area contributed by atoms with Crippen molar-refractivity contribution >= 4 is 39.4 Å². The predicted molar refractivity (Wildman–Crippen MR) is 112 cm³/mol. The molecule has 2 N–H and O–H groups in total. The zero-order valence-corrected chi connectivity index (χ0v) is 16.3. The molecule has 152 valence electrons. The molecule has 1 saturated heterocycles. The molecule has 3 aromatic heterocycles. The normalized spacial score (nSPS) is 13.9. The van der Waals surface area contributed by atoms with E-state index in [-0.39, 0.29) is 6.54 Å². The molecule has 9 heteroatoms. The van der Waals surface area contributed by atoms with Crippen LogP contribution in [0.25, 0.3) is 21.9 Å². The largest absolute Gasteiger partial charge is 0.360 e. The molecule has 5 rings (SSSR count).